The maximum atomic E-state index is 5.36. The fourth-order valence-electron chi connectivity index (χ4n) is 2.27. The Balaban J connectivity index is 1.97. The third-order valence-electron chi connectivity index (χ3n) is 3.38. The number of nitrogens with two attached hydrogens (primary N) is 1. The van der Waals surface area contributed by atoms with E-state index in [1.54, 1.807) is 21.3 Å². The topological polar surface area (TPSA) is 44.3 Å². The lowest BCUT2D eigenvalue weighted by Gasteiger charge is -2.10. The smallest absolute Gasteiger partial charge is 0.161 e. The van der Waals surface area contributed by atoms with Gasteiger partial charge in [-0.05, 0) is 30.3 Å². The van der Waals surface area contributed by atoms with E-state index in [0.717, 1.165) is 30.3 Å². The number of methoxy groups -OCH3 is 3. The van der Waals surface area contributed by atoms with Crippen molar-refractivity contribution in [2.75, 3.05) is 21.3 Å². The molecule has 4 nitrogen and oxygen atoms in total. The van der Waals surface area contributed by atoms with Crippen LogP contribution in [0, 0.1) is 0 Å². The molecular weight excluding hydrogens is 266 g/mol. The van der Waals surface area contributed by atoms with Crippen molar-refractivity contribution in [1.29, 1.82) is 0 Å². The SMILES string of the molecule is COc1ccccc1C[NH2+]Cc1ccc(OC)c(OC)c1. The van der Waals surface area contributed by atoms with Crippen molar-refractivity contribution in [1.82, 2.24) is 0 Å². The zero-order valence-corrected chi connectivity index (χ0v) is 12.8. The van der Waals surface area contributed by atoms with Crippen LogP contribution in [0.5, 0.6) is 17.2 Å². The Bertz CT molecular complexity index is 584. The van der Waals surface area contributed by atoms with Gasteiger partial charge in [-0.2, -0.15) is 0 Å². The highest BCUT2D eigenvalue weighted by molar-refractivity contribution is 5.42. The van der Waals surface area contributed by atoms with E-state index in [1.807, 2.05) is 30.3 Å². The summed E-state index contributed by atoms with van der Waals surface area (Å²) in [6.45, 7) is 1.75. The lowest BCUT2D eigenvalue weighted by atomic mass is 10.1. The first-order chi connectivity index (χ1) is 10.3. The first-order valence-electron chi connectivity index (χ1n) is 6.93. The van der Waals surface area contributed by atoms with Gasteiger partial charge in [-0.25, -0.2) is 0 Å². The number of ether oxygens (including phenoxy) is 3. The first-order valence-corrected chi connectivity index (χ1v) is 6.93. The molecule has 0 saturated carbocycles. The van der Waals surface area contributed by atoms with Crippen LogP contribution in [0.4, 0.5) is 0 Å². The second kappa shape index (κ2) is 7.55. The summed E-state index contributed by atoms with van der Waals surface area (Å²) < 4.78 is 15.9. The van der Waals surface area contributed by atoms with Crippen molar-refractivity contribution in [2.45, 2.75) is 13.1 Å². The number of hydrogen-bond donors (Lipinski definition) is 1. The number of para-hydroxylation sites is 1. The van der Waals surface area contributed by atoms with E-state index in [9.17, 15) is 0 Å². The Kier molecular flexibility index (Phi) is 5.46. The molecule has 0 aliphatic rings. The normalized spacial score (nSPS) is 10.2. The summed E-state index contributed by atoms with van der Waals surface area (Å²) in [5, 5.41) is 2.24. The number of benzene rings is 2. The van der Waals surface area contributed by atoms with Gasteiger partial charge < -0.3 is 19.5 Å². The van der Waals surface area contributed by atoms with Crippen molar-refractivity contribution in [3.8, 4) is 17.2 Å². The number of quaternary nitrogens is 1. The molecule has 0 atom stereocenters. The average Bonchev–Trinajstić information content (AvgIpc) is 2.55. The summed E-state index contributed by atoms with van der Waals surface area (Å²) in [5.74, 6) is 2.45. The van der Waals surface area contributed by atoms with E-state index in [4.69, 9.17) is 14.2 Å². The molecule has 0 aromatic heterocycles. The van der Waals surface area contributed by atoms with Gasteiger partial charge in [-0.3, -0.25) is 0 Å². The first kappa shape index (κ1) is 15.2. The molecule has 0 radical (unpaired) electrons. The Labute approximate surface area is 125 Å². The lowest BCUT2D eigenvalue weighted by Crippen LogP contribution is -2.80. The van der Waals surface area contributed by atoms with Crippen molar-refractivity contribution in [2.24, 2.45) is 0 Å². The van der Waals surface area contributed by atoms with Crippen molar-refractivity contribution in [3.05, 3.63) is 53.6 Å². The van der Waals surface area contributed by atoms with Gasteiger partial charge in [0.15, 0.2) is 11.5 Å². The molecular formula is C17H22NO3+. The monoisotopic (exact) mass is 288 g/mol. The molecule has 0 spiro atoms. The second-order valence-corrected chi connectivity index (χ2v) is 4.70. The third kappa shape index (κ3) is 3.89. The molecule has 4 heteroatoms. The molecule has 0 amide bonds. The summed E-state index contributed by atoms with van der Waals surface area (Å²) in [6.07, 6.45) is 0. The number of hydrogen-bond acceptors (Lipinski definition) is 3. The quantitative estimate of drug-likeness (QED) is 0.847. The largest absolute Gasteiger partial charge is 0.496 e. The molecule has 2 N–H and O–H groups in total. The average molecular weight is 288 g/mol. The minimum atomic E-state index is 0.756. The van der Waals surface area contributed by atoms with Gasteiger partial charge in [0.25, 0.3) is 0 Å². The van der Waals surface area contributed by atoms with Gasteiger partial charge in [0.2, 0.25) is 0 Å². The van der Waals surface area contributed by atoms with Gasteiger partial charge in [-0.1, -0.05) is 12.1 Å². The molecule has 0 bridgehead atoms. The zero-order chi connectivity index (χ0) is 15.1. The number of rotatable bonds is 7. The molecule has 2 aromatic rings. The van der Waals surface area contributed by atoms with Crippen LogP contribution in [0.15, 0.2) is 42.5 Å². The van der Waals surface area contributed by atoms with E-state index >= 15 is 0 Å². The minimum Gasteiger partial charge on any atom is -0.496 e. The van der Waals surface area contributed by atoms with Crippen molar-refractivity contribution >= 4 is 0 Å². The molecule has 0 aliphatic carbocycles. The van der Waals surface area contributed by atoms with E-state index in [1.165, 1.54) is 11.1 Å². The summed E-state index contributed by atoms with van der Waals surface area (Å²) in [6, 6.07) is 14.1. The summed E-state index contributed by atoms with van der Waals surface area (Å²) in [4.78, 5) is 0. The van der Waals surface area contributed by atoms with E-state index in [-0.39, 0.29) is 0 Å². The van der Waals surface area contributed by atoms with Gasteiger partial charge in [0.1, 0.15) is 18.8 Å². The van der Waals surface area contributed by atoms with Crippen molar-refractivity contribution in [3.63, 3.8) is 0 Å². The highest BCUT2D eigenvalue weighted by Gasteiger charge is 2.07. The van der Waals surface area contributed by atoms with Gasteiger partial charge in [0, 0.05) is 11.1 Å². The van der Waals surface area contributed by atoms with Crippen LogP contribution in [0.25, 0.3) is 0 Å². The Morgan fingerprint density at radius 3 is 2.19 bits per heavy atom. The van der Waals surface area contributed by atoms with Crippen LogP contribution >= 0.6 is 0 Å². The lowest BCUT2D eigenvalue weighted by molar-refractivity contribution is -0.686. The van der Waals surface area contributed by atoms with Crippen LogP contribution in [-0.4, -0.2) is 21.3 Å². The van der Waals surface area contributed by atoms with E-state index < -0.39 is 0 Å². The Morgan fingerprint density at radius 2 is 1.48 bits per heavy atom. The van der Waals surface area contributed by atoms with Crippen LogP contribution in [-0.2, 0) is 13.1 Å². The molecule has 0 saturated heterocycles. The second-order valence-electron chi connectivity index (χ2n) is 4.70. The predicted octanol–water partition coefficient (Wildman–Crippen LogP) is 1.98. The van der Waals surface area contributed by atoms with Crippen LogP contribution in [0.2, 0.25) is 0 Å². The molecule has 0 fully saturated rings. The minimum absolute atomic E-state index is 0.756. The summed E-state index contributed by atoms with van der Waals surface area (Å²) in [5.41, 5.74) is 2.39. The molecule has 0 unspecified atom stereocenters. The van der Waals surface area contributed by atoms with Gasteiger partial charge in [-0.15, -0.1) is 0 Å². The molecule has 0 heterocycles. The Morgan fingerprint density at radius 1 is 0.762 bits per heavy atom. The van der Waals surface area contributed by atoms with Crippen molar-refractivity contribution < 1.29 is 19.5 Å². The fourth-order valence-corrected chi connectivity index (χ4v) is 2.27. The van der Waals surface area contributed by atoms with Crippen LogP contribution in [0.1, 0.15) is 11.1 Å². The maximum absolute atomic E-state index is 5.36. The third-order valence-corrected chi connectivity index (χ3v) is 3.38. The zero-order valence-electron chi connectivity index (χ0n) is 12.8. The van der Waals surface area contributed by atoms with E-state index in [2.05, 4.69) is 17.4 Å². The molecule has 0 aliphatic heterocycles. The summed E-state index contributed by atoms with van der Waals surface area (Å²) in [7, 11) is 5.00. The van der Waals surface area contributed by atoms with Crippen LogP contribution < -0.4 is 19.5 Å². The molecule has 21 heavy (non-hydrogen) atoms. The van der Waals surface area contributed by atoms with E-state index in [0.29, 0.717) is 0 Å². The molecule has 112 valence electrons. The molecule has 2 rings (SSSR count). The highest BCUT2D eigenvalue weighted by Crippen LogP contribution is 2.27. The van der Waals surface area contributed by atoms with Gasteiger partial charge in [0.05, 0.1) is 21.3 Å². The molecule has 2 aromatic carbocycles. The highest BCUT2D eigenvalue weighted by atomic mass is 16.5. The van der Waals surface area contributed by atoms with Crippen LogP contribution in [0.3, 0.4) is 0 Å². The fraction of sp³-hybridized carbons (Fsp3) is 0.294. The standard InChI is InChI=1S/C17H21NO3/c1-19-15-7-5-4-6-14(15)12-18-11-13-8-9-16(20-2)17(10-13)21-3/h4-10,18H,11-12H2,1-3H3/p+1. The Hall–Kier alpha value is -2.20. The predicted molar refractivity (Wildman–Crippen MR) is 81.9 cm³/mol. The van der Waals surface area contributed by atoms with Gasteiger partial charge >= 0.3 is 0 Å². The summed E-state index contributed by atoms with van der Waals surface area (Å²) >= 11 is 0. The maximum Gasteiger partial charge on any atom is 0.161 e.